The first-order valence-corrected chi connectivity index (χ1v) is 7.61. The Bertz CT molecular complexity index is 544. The van der Waals surface area contributed by atoms with E-state index in [4.69, 9.17) is 5.14 Å². The molecule has 0 aromatic carbocycles. The lowest BCUT2D eigenvalue weighted by Crippen LogP contribution is -2.36. The van der Waals surface area contributed by atoms with Crippen LogP contribution in [0.15, 0.2) is 0 Å². The van der Waals surface area contributed by atoms with Crippen LogP contribution in [0.25, 0.3) is 0 Å². The monoisotopic (exact) mass is 292 g/mol. The molecule has 0 aliphatic rings. The summed E-state index contributed by atoms with van der Waals surface area (Å²) in [4.78, 5) is 11.6. The van der Waals surface area contributed by atoms with Gasteiger partial charge in [-0.2, -0.15) is 0 Å². The summed E-state index contributed by atoms with van der Waals surface area (Å²) < 4.78 is 22.0. The van der Waals surface area contributed by atoms with E-state index in [9.17, 15) is 13.2 Å². The number of rotatable bonds is 3. The van der Waals surface area contributed by atoms with Gasteiger partial charge in [-0.05, 0) is 6.92 Å². The van der Waals surface area contributed by atoms with Crippen LogP contribution < -0.4 is 10.5 Å². The van der Waals surface area contributed by atoms with Crippen LogP contribution in [-0.4, -0.2) is 29.8 Å². The smallest absolute Gasteiger partial charge is 0.245 e. The Labute approximate surface area is 110 Å². The molecule has 3 N–H and O–H groups in total. The van der Waals surface area contributed by atoms with Crippen molar-refractivity contribution in [2.45, 2.75) is 38.4 Å². The highest BCUT2D eigenvalue weighted by Gasteiger charge is 2.26. The van der Waals surface area contributed by atoms with E-state index in [2.05, 4.69) is 15.5 Å². The summed E-state index contributed by atoms with van der Waals surface area (Å²) in [5.74, 6) is -0.714. The third kappa shape index (κ3) is 3.72. The fraction of sp³-hybridized carbons (Fsp3) is 0.667. The van der Waals surface area contributed by atoms with Gasteiger partial charge in [0.25, 0.3) is 0 Å². The Morgan fingerprint density at radius 3 is 2.33 bits per heavy atom. The third-order valence-corrected chi connectivity index (χ3v) is 4.62. The summed E-state index contributed by atoms with van der Waals surface area (Å²) >= 11 is 1.21. The third-order valence-electron chi connectivity index (χ3n) is 2.16. The molecule has 1 atom stereocenters. The van der Waals surface area contributed by atoms with Crippen LogP contribution in [0.4, 0.5) is 5.13 Å². The van der Waals surface area contributed by atoms with Crippen LogP contribution in [0.5, 0.6) is 0 Å². The molecule has 1 unspecified atom stereocenters. The molecule has 1 amide bonds. The maximum absolute atomic E-state index is 11.6. The molecule has 102 valence electrons. The summed E-state index contributed by atoms with van der Waals surface area (Å²) in [6.45, 7) is 7.11. The molecule has 0 aliphatic carbocycles. The largest absolute Gasteiger partial charge is 0.299 e. The number of aromatic nitrogens is 2. The van der Waals surface area contributed by atoms with E-state index in [0.717, 1.165) is 5.01 Å². The second-order valence-electron chi connectivity index (χ2n) is 4.88. The molecule has 0 aliphatic heterocycles. The second kappa shape index (κ2) is 4.90. The lowest BCUT2D eigenvalue weighted by atomic mass is 9.98. The quantitative estimate of drug-likeness (QED) is 0.839. The minimum Gasteiger partial charge on any atom is -0.299 e. The number of amides is 1. The molecule has 0 bridgehead atoms. The molecule has 1 aromatic rings. The molecular weight excluding hydrogens is 276 g/mol. The summed E-state index contributed by atoms with van der Waals surface area (Å²) in [6.07, 6.45) is 0. The number of carbonyl (C=O) groups is 1. The summed E-state index contributed by atoms with van der Waals surface area (Å²) in [6, 6.07) is 0. The molecule has 1 rings (SSSR count). The van der Waals surface area contributed by atoms with Gasteiger partial charge in [-0.25, -0.2) is 13.6 Å². The van der Waals surface area contributed by atoms with Crippen molar-refractivity contribution in [3.63, 3.8) is 0 Å². The number of sulfonamides is 1. The maximum atomic E-state index is 11.6. The highest BCUT2D eigenvalue weighted by Crippen LogP contribution is 2.27. The van der Waals surface area contributed by atoms with Crippen LogP contribution in [-0.2, 0) is 20.2 Å². The van der Waals surface area contributed by atoms with Crippen LogP contribution in [0.1, 0.15) is 32.7 Å². The van der Waals surface area contributed by atoms with Crippen LogP contribution >= 0.6 is 11.3 Å². The highest BCUT2D eigenvalue weighted by atomic mass is 32.2. The van der Waals surface area contributed by atoms with Crippen LogP contribution in [0, 0.1) is 0 Å². The molecule has 0 fully saturated rings. The Morgan fingerprint density at radius 1 is 1.39 bits per heavy atom. The summed E-state index contributed by atoms with van der Waals surface area (Å²) in [7, 11) is -3.90. The second-order valence-corrected chi connectivity index (χ2v) is 7.75. The number of hydrogen-bond donors (Lipinski definition) is 2. The van der Waals surface area contributed by atoms with E-state index in [0.29, 0.717) is 0 Å². The Hall–Kier alpha value is -1.06. The Balaban J connectivity index is 2.81. The molecular formula is C9H16N4O3S2. The molecule has 0 radical (unpaired) electrons. The van der Waals surface area contributed by atoms with E-state index < -0.39 is 21.2 Å². The van der Waals surface area contributed by atoms with Gasteiger partial charge in [-0.1, -0.05) is 32.1 Å². The molecule has 0 saturated heterocycles. The first-order chi connectivity index (χ1) is 8.01. The number of hydrogen-bond acceptors (Lipinski definition) is 6. The zero-order chi connectivity index (χ0) is 14.1. The van der Waals surface area contributed by atoms with Crippen molar-refractivity contribution >= 4 is 32.4 Å². The van der Waals surface area contributed by atoms with Crippen molar-refractivity contribution in [1.82, 2.24) is 10.2 Å². The van der Waals surface area contributed by atoms with Gasteiger partial charge < -0.3 is 0 Å². The average Bonchev–Trinajstić information content (AvgIpc) is 2.62. The van der Waals surface area contributed by atoms with Crippen LogP contribution in [0.3, 0.4) is 0 Å². The predicted octanol–water partition coefficient (Wildman–Crippen LogP) is 0.451. The molecule has 9 heteroatoms. The van der Waals surface area contributed by atoms with Crippen molar-refractivity contribution in [3.8, 4) is 0 Å². The fourth-order valence-corrected chi connectivity index (χ4v) is 2.09. The molecule has 0 spiro atoms. The van der Waals surface area contributed by atoms with E-state index in [1.165, 1.54) is 18.3 Å². The maximum Gasteiger partial charge on any atom is 0.245 e. The van der Waals surface area contributed by atoms with E-state index in [1.807, 2.05) is 20.8 Å². The van der Waals surface area contributed by atoms with E-state index in [-0.39, 0.29) is 10.5 Å². The number of nitrogens with one attached hydrogen (secondary N) is 1. The number of carbonyl (C=O) groups excluding carboxylic acids is 1. The average molecular weight is 292 g/mol. The zero-order valence-corrected chi connectivity index (χ0v) is 12.2. The Kier molecular flexibility index (Phi) is 4.08. The highest BCUT2D eigenvalue weighted by molar-refractivity contribution is 7.90. The van der Waals surface area contributed by atoms with Crippen LogP contribution in [0.2, 0.25) is 0 Å². The first-order valence-electron chi connectivity index (χ1n) is 5.18. The van der Waals surface area contributed by atoms with E-state index in [1.54, 1.807) is 0 Å². The Morgan fingerprint density at radius 2 is 1.94 bits per heavy atom. The minimum atomic E-state index is -3.90. The summed E-state index contributed by atoms with van der Waals surface area (Å²) in [5, 5.41) is 14.7. The fourth-order valence-electron chi connectivity index (χ4n) is 0.933. The lowest BCUT2D eigenvalue weighted by molar-refractivity contribution is -0.115. The van der Waals surface area contributed by atoms with Gasteiger partial charge in [-0.3, -0.25) is 10.1 Å². The molecule has 1 heterocycles. The van der Waals surface area contributed by atoms with E-state index >= 15 is 0 Å². The number of nitrogens with two attached hydrogens (primary N) is 1. The van der Waals surface area contributed by atoms with Gasteiger partial charge in [0.1, 0.15) is 5.01 Å². The number of nitrogens with zero attached hydrogens (tertiary/aromatic N) is 2. The van der Waals surface area contributed by atoms with Crippen molar-refractivity contribution in [3.05, 3.63) is 5.01 Å². The molecule has 18 heavy (non-hydrogen) atoms. The van der Waals surface area contributed by atoms with Crippen molar-refractivity contribution in [2.75, 3.05) is 5.32 Å². The first kappa shape index (κ1) is 15.0. The van der Waals surface area contributed by atoms with Gasteiger partial charge in [-0.15, -0.1) is 10.2 Å². The van der Waals surface area contributed by atoms with Gasteiger partial charge in [0.2, 0.25) is 21.1 Å². The number of anilines is 1. The normalized spacial score (nSPS) is 14.3. The lowest BCUT2D eigenvalue weighted by Gasteiger charge is -2.12. The van der Waals surface area contributed by atoms with Gasteiger partial charge in [0.05, 0.1) is 0 Å². The van der Waals surface area contributed by atoms with Crippen molar-refractivity contribution < 1.29 is 13.2 Å². The minimum absolute atomic E-state index is 0.174. The standard InChI is InChI=1S/C9H16N4O3S2/c1-5(18(10,15)16)6(14)11-8-13-12-7(17-8)9(2,3)4/h5H,1-4H3,(H2,10,15,16)(H,11,13,14). The van der Waals surface area contributed by atoms with Crippen molar-refractivity contribution in [1.29, 1.82) is 0 Å². The molecule has 7 nitrogen and oxygen atoms in total. The van der Waals surface area contributed by atoms with Gasteiger partial charge >= 0.3 is 0 Å². The van der Waals surface area contributed by atoms with Crippen molar-refractivity contribution in [2.24, 2.45) is 5.14 Å². The molecule has 0 saturated carbocycles. The predicted molar refractivity (Wildman–Crippen MR) is 69.8 cm³/mol. The molecule has 1 aromatic heterocycles. The SMILES string of the molecule is CC(C(=O)Nc1nnc(C(C)(C)C)s1)S(N)(=O)=O. The topological polar surface area (TPSA) is 115 Å². The zero-order valence-electron chi connectivity index (χ0n) is 10.6. The summed E-state index contributed by atoms with van der Waals surface area (Å²) in [5.41, 5.74) is -0.174. The number of primary sulfonamides is 1. The van der Waals surface area contributed by atoms with Gasteiger partial charge in [0, 0.05) is 5.41 Å². The van der Waals surface area contributed by atoms with Gasteiger partial charge in [0.15, 0.2) is 5.25 Å².